The zero-order valence-corrected chi connectivity index (χ0v) is 11.4. The summed E-state index contributed by atoms with van der Waals surface area (Å²) >= 11 is 0. The van der Waals surface area contributed by atoms with E-state index in [1.165, 1.54) is 35.3 Å². The van der Waals surface area contributed by atoms with Crippen LogP contribution in [0.2, 0.25) is 0 Å². The van der Waals surface area contributed by atoms with Gasteiger partial charge >= 0.3 is 6.18 Å². The van der Waals surface area contributed by atoms with Crippen molar-refractivity contribution < 1.29 is 17.6 Å². The van der Waals surface area contributed by atoms with Crippen molar-refractivity contribution in [1.82, 2.24) is 19.7 Å². The molecule has 0 unspecified atom stereocenters. The molecule has 0 radical (unpaired) electrons. The predicted molar refractivity (Wildman–Crippen MR) is 74.0 cm³/mol. The third kappa shape index (κ3) is 2.98. The normalized spacial score (nSPS) is 11.7. The number of halogens is 4. The molecule has 1 aromatic carbocycles. The molecule has 0 aliphatic heterocycles. The highest BCUT2D eigenvalue weighted by molar-refractivity contribution is 5.59. The monoisotopic (exact) mass is 323 g/mol. The molecular weight excluding hydrogens is 314 g/mol. The minimum absolute atomic E-state index is 0.00223. The van der Waals surface area contributed by atoms with Gasteiger partial charge in [0.25, 0.3) is 0 Å². The van der Waals surface area contributed by atoms with Gasteiger partial charge in [-0.05, 0) is 30.3 Å². The zero-order valence-electron chi connectivity index (χ0n) is 11.4. The average molecular weight is 323 g/mol. The van der Waals surface area contributed by atoms with Gasteiger partial charge < -0.3 is 5.73 Å². The molecule has 118 valence electrons. The van der Waals surface area contributed by atoms with Gasteiger partial charge in [0, 0.05) is 11.8 Å². The Hall–Kier alpha value is -2.97. The summed E-state index contributed by atoms with van der Waals surface area (Å²) in [6.07, 6.45) is -2.47. The Bertz CT molecular complexity index is 839. The molecule has 0 aliphatic rings. The van der Waals surface area contributed by atoms with Gasteiger partial charge in [-0.2, -0.15) is 13.2 Å². The maximum Gasteiger partial charge on any atom is 0.417 e. The summed E-state index contributed by atoms with van der Waals surface area (Å²) in [5.74, 6) is -0.246. The molecule has 0 saturated heterocycles. The van der Waals surface area contributed by atoms with Crippen LogP contribution in [0.4, 0.5) is 23.2 Å². The number of alkyl halides is 3. The molecule has 3 aromatic rings. The van der Waals surface area contributed by atoms with Crippen LogP contribution in [-0.2, 0) is 6.18 Å². The van der Waals surface area contributed by atoms with Crippen molar-refractivity contribution >= 4 is 5.69 Å². The van der Waals surface area contributed by atoms with Crippen molar-refractivity contribution in [1.29, 1.82) is 0 Å². The lowest BCUT2D eigenvalue weighted by Crippen LogP contribution is -2.07. The van der Waals surface area contributed by atoms with Crippen molar-refractivity contribution in [2.45, 2.75) is 6.18 Å². The molecule has 0 aliphatic carbocycles. The predicted octanol–water partition coefficient (Wildman–Crippen LogP) is 3.07. The molecule has 0 fully saturated rings. The van der Waals surface area contributed by atoms with Crippen LogP contribution in [0.3, 0.4) is 0 Å². The van der Waals surface area contributed by atoms with Crippen LogP contribution < -0.4 is 5.73 Å². The van der Waals surface area contributed by atoms with Crippen LogP contribution >= 0.6 is 0 Å². The summed E-state index contributed by atoms with van der Waals surface area (Å²) in [6, 6.07) is 6.16. The average Bonchev–Trinajstić information content (AvgIpc) is 2.99. The largest absolute Gasteiger partial charge is 0.417 e. The number of nitrogen functional groups attached to an aromatic ring is 1. The molecule has 9 heteroatoms. The van der Waals surface area contributed by atoms with E-state index in [1.807, 2.05) is 0 Å². The van der Waals surface area contributed by atoms with Crippen molar-refractivity contribution in [2.75, 3.05) is 5.73 Å². The van der Waals surface area contributed by atoms with Crippen LogP contribution in [-0.4, -0.2) is 19.7 Å². The highest BCUT2D eigenvalue weighted by Crippen LogP contribution is 2.28. The highest BCUT2D eigenvalue weighted by atomic mass is 19.4. The molecule has 0 atom stereocenters. The Morgan fingerprint density at radius 1 is 1.04 bits per heavy atom. The molecule has 0 saturated carbocycles. The number of pyridine rings is 1. The van der Waals surface area contributed by atoms with E-state index < -0.39 is 17.6 Å². The van der Waals surface area contributed by atoms with Gasteiger partial charge in [0.2, 0.25) is 0 Å². The molecule has 0 bridgehead atoms. The number of aromatic nitrogens is 4. The number of hydrogen-bond acceptors (Lipinski definition) is 4. The molecule has 0 spiro atoms. The van der Waals surface area contributed by atoms with Crippen LogP contribution in [0.5, 0.6) is 0 Å². The van der Waals surface area contributed by atoms with Crippen LogP contribution in [0.25, 0.3) is 17.2 Å². The number of hydrogen-bond donors (Lipinski definition) is 1. The summed E-state index contributed by atoms with van der Waals surface area (Å²) < 4.78 is 52.1. The summed E-state index contributed by atoms with van der Waals surface area (Å²) in [5.41, 5.74) is 4.92. The summed E-state index contributed by atoms with van der Waals surface area (Å²) in [7, 11) is 0. The van der Waals surface area contributed by atoms with Crippen LogP contribution in [0.15, 0.2) is 42.9 Å². The van der Waals surface area contributed by atoms with Crippen molar-refractivity contribution in [3.63, 3.8) is 0 Å². The molecule has 23 heavy (non-hydrogen) atoms. The molecule has 0 amide bonds. The van der Waals surface area contributed by atoms with E-state index in [1.54, 1.807) is 0 Å². The second-order valence-electron chi connectivity index (χ2n) is 4.65. The van der Waals surface area contributed by atoms with Gasteiger partial charge in [-0.15, -0.1) is 5.10 Å². The summed E-state index contributed by atoms with van der Waals surface area (Å²) in [4.78, 5) is 7.69. The highest BCUT2D eigenvalue weighted by Gasteiger charge is 2.30. The fourth-order valence-corrected chi connectivity index (χ4v) is 1.86. The van der Waals surface area contributed by atoms with Gasteiger partial charge in [0.05, 0.1) is 11.3 Å². The standard InChI is InChI=1S/C14H9F4N5/c15-10-5-8(1-3-11(10)19)13-21-7-23(22-13)12-4-2-9(6-20-12)14(16,17)18/h1-7H,19H2. The Balaban J connectivity index is 1.91. The molecule has 2 N–H and O–H groups in total. The number of anilines is 1. The summed E-state index contributed by atoms with van der Waals surface area (Å²) in [6.45, 7) is 0. The Kier molecular flexibility index (Phi) is 3.47. The van der Waals surface area contributed by atoms with E-state index in [-0.39, 0.29) is 17.3 Å². The van der Waals surface area contributed by atoms with Crippen LogP contribution in [0.1, 0.15) is 5.56 Å². The Labute approximate surface area is 127 Å². The molecule has 2 aromatic heterocycles. The lowest BCUT2D eigenvalue weighted by Gasteiger charge is -2.06. The fourth-order valence-electron chi connectivity index (χ4n) is 1.86. The van der Waals surface area contributed by atoms with Gasteiger partial charge in [-0.1, -0.05) is 0 Å². The van der Waals surface area contributed by atoms with E-state index in [9.17, 15) is 17.6 Å². The van der Waals surface area contributed by atoms with Crippen molar-refractivity contribution in [3.05, 3.63) is 54.2 Å². The summed E-state index contributed by atoms with van der Waals surface area (Å²) in [5, 5.41) is 4.07. The Morgan fingerprint density at radius 2 is 1.83 bits per heavy atom. The van der Waals surface area contributed by atoms with Gasteiger partial charge in [-0.3, -0.25) is 0 Å². The van der Waals surface area contributed by atoms with E-state index in [2.05, 4.69) is 15.1 Å². The van der Waals surface area contributed by atoms with E-state index >= 15 is 0 Å². The number of nitrogens with two attached hydrogens (primary N) is 1. The SMILES string of the molecule is Nc1ccc(-c2ncn(-c3ccc(C(F)(F)F)cn3)n2)cc1F. The molecular formula is C14H9F4N5. The number of nitrogens with zero attached hydrogens (tertiary/aromatic N) is 4. The third-order valence-electron chi connectivity index (χ3n) is 3.06. The Morgan fingerprint density at radius 3 is 2.43 bits per heavy atom. The molecule has 5 nitrogen and oxygen atoms in total. The fraction of sp³-hybridized carbons (Fsp3) is 0.0714. The second-order valence-corrected chi connectivity index (χ2v) is 4.65. The van der Waals surface area contributed by atoms with Crippen molar-refractivity contribution in [2.24, 2.45) is 0 Å². The van der Waals surface area contributed by atoms with E-state index in [0.29, 0.717) is 11.8 Å². The van der Waals surface area contributed by atoms with E-state index in [4.69, 9.17) is 5.73 Å². The second kappa shape index (κ2) is 5.34. The maximum absolute atomic E-state index is 13.4. The third-order valence-corrected chi connectivity index (χ3v) is 3.06. The van der Waals surface area contributed by atoms with Gasteiger partial charge in [-0.25, -0.2) is 19.0 Å². The first kappa shape index (κ1) is 14.9. The van der Waals surface area contributed by atoms with Crippen LogP contribution in [0, 0.1) is 5.82 Å². The molecule has 2 heterocycles. The minimum atomic E-state index is -4.46. The van der Waals surface area contributed by atoms with Gasteiger partial charge in [0.15, 0.2) is 11.6 Å². The van der Waals surface area contributed by atoms with E-state index in [0.717, 1.165) is 6.07 Å². The lowest BCUT2D eigenvalue weighted by molar-refractivity contribution is -0.137. The zero-order chi connectivity index (χ0) is 16.6. The first-order valence-electron chi connectivity index (χ1n) is 6.35. The first-order chi connectivity index (χ1) is 10.8. The smallest absolute Gasteiger partial charge is 0.396 e. The quantitative estimate of drug-likeness (QED) is 0.581. The lowest BCUT2D eigenvalue weighted by atomic mass is 10.2. The maximum atomic E-state index is 13.4. The minimum Gasteiger partial charge on any atom is -0.396 e. The number of benzene rings is 1. The number of rotatable bonds is 2. The topological polar surface area (TPSA) is 69.6 Å². The molecule has 3 rings (SSSR count). The van der Waals surface area contributed by atoms with Gasteiger partial charge in [0.1, 0.15) is 12.1 Å². The first-order valence-corrected chi connectivity index (χ1v) is 6.35. The van der Waals surface area contributed by atoms with Crippen molar-refractivity contribution in [3.8, 4) is 17.2 Å².